The number of morpholine rings is 2. The lowest BCUT2D eigenvalue weighted by Gasteiger charge is -2.32. The Balaban J connectivity index is 1.80. The molecule has 0 amide bonds. The van der Waals surface area contributed by atoms with Gasteiger partial charge in [0.2, 0.25) is 0 Å². The molecule has 0 aromatic carbocycles. The standard InChI is InChI=1S/C16H21N5O2/c17-14-2-1-12-13(20-3-7-22-8-4-20)11-15(19-16(12)18-14)21-5-9-23-10-6-21/h1-2,11H,3-10H2,(H2,17,18,19). The Labute approximate surface area is 135 Å². The van der Waals surface area contributed by atoms with Crippen molar-refractivity contribution in [1.82, 2.24) is 9.97 Å². The number of pyridine rings is 2. The highest BCUT2D eigenvalue weighted by molar-refractivity contribution is 5.92. The summed E-state index contributed by atoms with van der Waals surface area (Å²) in [6.07, 6.45) is 0. The number of rotatable bonds is 2. The third kappa shape index (κ3) is 2.89. The third-order valence-corrected chi connectivity index (χ3v) is 4.35. The van der Waals surface area contributed by atoms with Crippen LogP contribution in [0.1, 0.15) is 0 Å². The number of nitrogen functional groups attached to an aromatic ring is 1. The molecule has 2 aliphatic rings. The number of fused-ring (bicyclic) bond motifs is 1. The molecular weight excluding hydrogens is 294 g/mol. The van der Waals surface area contributed by atoms with Crippen LogP contribution in [0.3, 0.4) is 0 Å². The van der Waals surface area contributed by atoms with E-state index in [9.17, 15) is 0 Å². The van der Waals surface area contributed by atoms with Crippen molar-refractivity contribution in [1.29, 1.82) is 0 Å². The molecule has 2 aliphatic heterocycles. The van der Waals surface area contributed by atoms with Crippen molar-refractivity contribution in [2.75, 3.05) is 68.1 Å². The van der Waals surface area contributed by atoms with Gasteiger partial charge in [-0.15, -0.1) is 0 Å². The molecule has 2 aromatic heterocycles. The van der Waals surface area contributed by atoms with E-state index in [2.05, 4.69) is 20.9 Å². The molecule has 2 N–H and O–H groups in total. The number of nitrogens with two attached hydrogens (primary N) is 1. The van der Waals surface area contributed by atoms with Crippen LogP contribution in [0.25, 0.3) is 11.0 Å². The second kappa shape index (κ2) is 6.17. The zero-order valence-electron chi connectivity index (χ0n) is 13.1. The molecule has 23 heavy (non-hydrogen) atoms. The predicted molar refractivity (Wildman–Crippen MR) is 90.0 cm³/mol. The fourth-order valence-corrected chi connectivity index (χ4v) is 3.11. The number of hydrogen-bond acceptors (Lipinski definition) is 7. The molecule has 122 valence electrons. The van der Waals surface area contributed by atoms with Crippen LogP contribution in [-0.2, 0) is 9.47 Å². The van der Waals surface area contributed by atoms with E-state index >= 15 is 0 Å². The number of aromatic nitrogens is 2. The highest BCUT2D eigenvalue weighted by Crippen LogP contribution is 2.30. The second-order valence-electron chi connectivity index (χ2n) is 5.81. The molecule has 0 unspecified atom stereocenters. The van der Waals surface area contributed by atoms with E-state index in [1.54, 1.807) is 0 Å². The summed E-state index contributed by atoms with van der Waals surface area (Å²) in [5.41, 5.74) is 7.73. The highest BCUT2D eigenvalue weighted by atomic mass is 16.5. The lowest BCUT2D eigenvalue weighted by atomic mass is 10.2. The fraction of sp³-hybridized carbons (Fsp3) is 0.500. The normalized spacial score (nSPS) is 19.3. The van der Waals surface area contributed by atoms with E-state index in [4.69, 9.17) is 20.2 Å². The number of nitrogens with zero attached hydrogens (tertiary/aromatic N) is 4. The summed E-state index contributed by atoms with van der Waals surface area (Å²) in [6.45, 7) is 6.43. The van der Waals surface area contributed by atoms with Gasteiger partial charge in [-0.25, -0.2) is 9.97 Å². The Kier molecular flexibility index (Phi) is 3.88. The maximum Gasteiger partial charge on any atom is 0.165 e. The molecule has 2 saturated heterocycles. The van der Waals surface area contributed by atoms with Crippen molar-refractivity contribution in [3.63, 3.8) is 0 Å². The molecule has 4 rings (SSSR count). The van der Waals surface area contributed by atoms with E-state index in [1.807, 2.05) is 12.1 Å². The average Bonchev–Trinajstić information content (AvgIpc) is 2.62. The van der Waals surface area contributed by atoms with Crippen molar-refractivity contribution in [2.24, 2.45) is 0 Å². The lowest BCUT2D eigenvalue weighted by molar-refractivity contribution is 0.122. The zero-order valence-corrected chi connectivity index (χ0v) is 13.1. The fourth-order valence-electron chi connectivity index (χ4n) is 3.11. The molecule has 0 bridgehead atoms. The summed E-state index contributed by atoms with van der Waals surface area (Å²) in [5.74, 6) is 1.44. The summed E-state index contributed by atoms with van der Waals surface area (Å²) >= 11 is 0. The summed E-state index contributed by atoms with van der Waals surface area (Å²) in [6, 6.07) is 6.01. The van der Waals surface area contributed by atoms with Crippen LogP contribution in [-0.4, -0.2) is 62.6 Å². The molecule has 2 fully saturated rings. The first-order valence-corrected chi connectivity index (χ1v) is 8.04. The summed E-state index contributed by atoms with van der Waals surface area (Å²) < 4.78 is 10.9. The Morgan fingerprint density at radius 1 is 0.870 bits per heavy atom. The smallest absolute Gasteiger partial charge is 0.165 e. The highest BCUT2D eigenvalue weighted by Gasteiger charge is 2.20. The monoisotopic (exact) mass is 315 g/mol. The zero-order chi connectivity index (χ0) is 15.6. The van der Waals surface area contributed by atoms with Crippen LogP contribution in [0.4, 0.5) is 17.3 Å². The topological polar surface area (TPSA) is 76.7 Å². The first-order chi connectivity index (χ1) is 11.3. The Hall–Kier alpha value is -2.12. The molecular formula is C16H21N5O2. The molecule has 7 heteroatoms. The average molecular weight is 315 g/mol. The number of ether oxygens (including phenoxy) is 2. The van der Waals surface area contributed by atoms with Crippen LogP contribution in [0.15, 0.2) is 18.2 Å². The van der Waals surface area contributed by atoms with Gasteiger partial charge in [-0.2, -0.15) is 0 Å². The van der Waals surface area contributed by atoms with Crippen LogP contribution < -0.4 is 15.5 Å². The van der Waals surface area contributed by atoms with Crippen LogP contribution >= 0.6 is 0 Å². The Morgan fingerprint density at radius 2 is 1.52 bits per heavy atom. The first kappa shape index (κ1) is 14.5. The Morgan fingerprint density at radius 3 is 2.22 bits per heavy atom. The molecule has 0 aliphatic carbocycles. The third-order valence-electron chi connectivity index (χ3n) is 4.35. The maximum atomic E-state index is 5.86. The van der Waals surface area contributed by atoms with E-state index < -0.39 is 0 Å². The molecule has 0 atom stereocenters. The molecule has 0 spiro atoms. The van der Waals surface area contributed by atoms with Gasteiger partial charge in [0.25, 0.3) is 0 Å². The van der Waals surface area contributed by atoms with Gasteiger partial charge in [0.1, 0.15) is 11.6 Å². The van der Waals surface area contributed by atoms with Crippen molar-refractivity contribution >= 4 is 28.4 Å². The quantitative estimate of drug-likeness (QED) is 0.881. The van der Waals surface area contributed by atoms with Crippen molar-refractivity contribution in [3.05, 3.63) is 18.2 Å². The van der Waals surface area contributed by atoms with Gasteiger partial charge in [0.05, 0.1) is 32.1 Å². The van der Waals surface area contributed by atoms with Gasteiger partial charge in [-0.1, -0.05) is 0 Å². The molecule has 0 radical (unpaired) electrons. The van der Waals surface area contributed by atoms with Gasteiger partial charge in [-0.3, -0.25) is 0 Å². The predicted octanol–water partition coefficient (Wildman–Crippen LogP) is 0.885. The van der Waals surface area contributed by atoms with Crippen LogP contribution in [0.2, 0.25) is 0 Å². The summed E-state index contributed by atoms with van der Waals surface area (Å²) in [5, 5.41) is 1.04. The molecule has 4 heterocycles. The van der Waals surface area contributed by atoms with E-state index in [0.29, 0.717) is 11.5 Å². The number of hydrogen-bond donors (Lipinski definition) is 1. The van der Waals surface area contributed by atoms with E-state index in [-0.39, 0.29) is 0 Å². The molecule has 2 aromatic rings. The van der Waals surface area contributed by atoms with Gasteiger partial charge >= 0.3 is 0 Å². The SMILES string of the molecule is Nc1ccc2c(N3CCOCC3)cc(N3CCOCC3)nc2n1. The first-order valence-electron chi connectivity index (χ1n) is 8.04. The minimum atomic E-state index is 0.497. The van der Waals surface area contributed by atoms with Gasteiger partial charge in [-0.05, 0) is 12.1 Å². The van der Waals surface area contributed by atoms with Crippen molar-refractivity contribution in [3.8, 4) is 0 Å². The Bertz CT molecular complexity index is 696. The molecule has 7 nitrogen and oxygen atoms in total. The van der Waals surface area contributed by atoms with Gasteiger partial charge < -0.3 is 25.0 Å². The van der Waals surface area contributed by atoms with Crippen LogP contribution in [0, 0.1) is 0 Å². The lowest BCUT2D eigenvalue weighted by Crippen LogP contribution is -2.38. The number of anilines is 3. The van der Waals surface area contributed by atoms with Crippen LogP contribution in [0.5, 0.6) is 0 Å². The molecule has 0 saturated carbocycles. The maximum absolute atomic E-state index is 5.86. The largest absolute Gasteiger partial charge is 0.384 e. The van der Waals surface area contributed by atoms with E-state index in [0.717, 1.165) is 69.5 Å². The minimum Gasteiger partial charge on any atom is -0.384 e. The van der Waals surface area contributed by atoms with Gasteiger partial charge in [0, 0.05) is 37.6 Å². The van der Waals surface area contributed by atoms with Gasteiger partial charge in [0.15, 0.2) is 5.65 Å². The van der Waals surface area contributed by atoms with Crippen molar-refractivity contribution in [2.45, 2.75) is 0 Å². The summed E-state index contributed by atoms with van der Waals surface area (Å²) in [7, 11) is 0. The van der Waals surface area contributed by atoms with Crippen molar-refractivity contribution < 1.29 is 9.47 Å². The summed E-state index contributed by atoms with van der Waals surface area (Å²) in [4.78, 5) is 13.8. The second-order valence-corrected chi connectivity index (χ2v) is 5.81. The van der Waals surface area contributed by atoms with E-state index in [1.165, 1.54) is 0 Å². The minimum absolute atomic E-state index is 0.497.